The molecule has 3 rings (SSSR count). The van der Waals surface area contributed by atoms with Gasteiger partial charge in [0.2, 0.25) is 5.82 Å². The second-order valence-corrected chi connectivity index (χ2v) is 6.82. The van der Waals surface area contributed by atoms with Gasteiger partial charge in [-0.3, -0.25) is 4.79 Å². The molecular weight excluding hydrogens is 321 g/mol. The van der Waals surface area contributed by atoms with Crippen molar-refractivity contribution in [3.05, 3.63) is 41.7 Å². The summed E-state index contributed by atoms with van der Waals surface area (Å²) in [6, 6.07) is 6.43. The molecule has 2 atom stereocenters. The van der Waals surface area contributed by atoms with E-state index in [0.717, 1.165) is 6.54 Å². The van der Waals surface area contributed by atoms with Gasteiger partial charge in [0.05, 0.1) is 5.69 Å². The lowest BCUT2D eigenvalue weighted by Gasteiger charge is -2.37. The number of hydrogen-bond donors (Lipinski definition) is 1. The van der Waals surface area contributed by atoms with Crippen molar-refractivity contribution in [2.45, 2.75) is 45.7 Å². The van der Waals surface area contributed by atoms with E-state index in [-0.39, 0.29) is 35.6 Å². The lowest BCUT2D eigenvalue weighted by atomic mass is 10.1. The third kappa shape index (κ3) is 3.42. The fourth-order valence-electron chi connectivity index (χ4n) is 3.06. The molecule has 134 valence electrons. The summed E-state index contributed by atoms with van der Waals surface area (Å²) in [5.74, 6) is 0.327. The lowest BCUT2D eigenvalue weighted by molar-refractivity contribution is 0.0590. The van der Waals surface area contributed by atoms with E-state index >= 15 is 0 Å². The zero-order chi connectivity index (χ0) is 18.1. The average Bonchev–Trinajstić information content (AvgIpc) is 3.02. The lowest BCUT2D eigenvalue weighted by Crippen LogP contribution is -2.57. The molecule has 7 heteroatoms. The predicted octanol–water partition coefficient (Wildman–Crippen LogP) is 2.35. The molecule has 1 amide bonds. The van der Waals surface area contributed by atoms with Crippen molar-refractivity contribution >= 4 is 5.91 Å². The number of piperazine rings is 1. The van der Waals surface area contributed by atoms with Crippen LogP contribution in [0, 0.1) is 5.82 Å². The van der Waals surface area contributed by atoms with Crippen LogP contribution in [-0.2, 0) is 0 Å². The first kappa shape index (κ1) is 17.5. The maximum atomic E-state index is 13.6. The third-order valence-electron chi connectivity index (χ3n) is 4.69. The number of hydrogen-bond acceptors (Lipinski definition) is 4. The van der Waals surface area contributed by atoms with Gasteiger partial charge in [0.15, 0.2) is 0 Å². The highest BCUT2D eigenvalue weighted by Gasteiger charge is 2.31. The van der Waals surface area contributed by atoms with Gasteiger partial charge in [-0.15, -0.1) is 5.10 Å². The number of aromatic nitrogens is 3. The molecular formula is C18H24FN5O. The third-order valence-corrected chi connectivity index (χ3v) is 4.69. The zero-order valence-corrected chi connectivity index (χ0v) is 15.0. The van der Waals surface area contributed by atoms with Crippen molar-refractivity contribution in [2.75, 3.05) is 13.1 Å². The monoisotopic (exact) mass is 345 g/mol. The molecule has 1 fully saturated rings. The van der Waals surface area contributed by atoms with Gasteiger partial charge in [-0.05, 0) is 32.0 Å². The second kappa shape index (κ2) is 6.92. The molecule has 1 N–H and O–H groups in total. The van der Waals surface area contributed by atoms with E-state index in [0.29, 0.717) is 18.1 Å². The summed E-state index contributed by atoms with van der Waals surface area (Å²) in [5, 5.41) is 7.76. The van der Waals surface area contributed by atoms with Gasteiger partial charge in [-0.25, -0.2) is 14.1 Å². The summed E-state index contributed by atoms with van der Waals surface area (Å²) in [6.45, 7) is 9.39. The van der Waals surface area contributed by atoms with Crippen LogP contribution in [0.4, 0.5) is 4.39 Å². The normalized spacial score (nSPS) is 21.0. The van der Waals surface area contributed by atoms with E-state index in [1.807, 2.05) is 20.8 Å². The molecule has 0 aliphatic carbocycles. The molecule has 0 bridgehead atoms. The summed E-state index contributed by atoms with van der Waals surface area (Å²) < 4.78 is 15.2. The van der Waals surface area contributed by atoms with Gasteiger partial charge < -0.3 is 10.2 Å². The fourth-order valence-corrected chi connectivity index (χ4v) is 3.06. The van der Waals surface area contributed by atoms with Crippen molar-refractivity contribution in [1.82, 2.24) is 25.0 Å². The van der Waals surface area contributed by atoms with Crippen LogP contribution >= 0.6 is 0 Å². The SMILES string of the molecule is CC(C)c1nc(C(=O)N2CCNC(C)C2C)nn1-c1cccc(F)c1. The molecule has 2 unspecified atom stereocenters. The van der Waals surface area contributed by atoms with Gasteiger partial charge in [0.1, 0.15) is 11.6 Å². The van der Waals surface area contributed by atoms with Crippen LogP contribution < -0.4 is 5.32 Å². The van der Waals surface area contributed by atoms with Crippen molar-refractivity contribution in [1.29, 1.82) is 0 Å². The largest absolute Gasteiger partial charge is 0.330 e. The van der Waals surface area contributed by atoms with E-state index < -0.39 is 0 Å². The van der Waals surface area contributed by atoms with E-state index in [9.17, 15) is 9.18 Å². The molecule has 0 radical (unpaired) electrons. The van der Waals surface area contributed by atoms with Crippen LogP contribution in [0.3, 0.4) is 0 Å². The van der Waals surface area contributed by atoms with E-state index in [2.05, 4.69) is 22.3 Å². The minimum atomic E-state index is -0.347. The molecule has 1 aliphatic rings. The highest BCUT2D eigenvalue weighted by molar-refractivity contribution is 5.90. The second-order valence-electron chi connectivity index (χ2n) is 6.82. The summed E-state index contributed by atoms with van der Waals surface area (Å²) in [6.07, 6.45) is 0. The number of nitrogens with one attached hydrogen (secondary N) is 1. The van der Waals surface area contributed by atoms with Crippen LogP contribution in [0.15, 0.2) is 24.3 Å². The number of nitrogens with zero attached hydrogens (tertiary/aromatic N) is 4. The number of benzene rings is 1. The smallest absolute Gasteiger partial charge is 0.293 e. The highest BCUT2D eigenvalue weighted by Crippen LogP contribution is 2.20. The molecule has 0 spiro atoms. The summed E-state index contributed by atoms with van der Waals surface area (Å²) in [7, 11) is 0. The number of halogens is 1. The minimum absolute atomic E-state index is 0.0525. The van der Waals surface area contributed by atoms with Crippen LogP contribution in [0.1, 0.15) is 50.1 Å². The summed E-state index contributed by atoms with van der Waals surface area (Å²) in [4.78, 5) is 19.2. The standard InChI is InChI=1S/C18H24FN5O/c1-11(2)17-21-16(18(25)23-9-8-20-12(3)13(23)4)22-24(17)15-7-5-6-14(19)10-15/h5-7,10-13,20H,8-9H2,1-4H3. The van der Waals surface area contributed by atoms with Gasteiger partial charge >= 0.3 is 0 Å². The Labute approximate surface area is 147 Å². The molecule has 6 nitrogen and oxygen atoms in total. The van der Waals surface area contributed by atoms with Gasteiger partial charge in [0.25, 0.3) is 5.91 Å². The van der Waals surface area contributed by atoms with Crippen LogP contribution in [0.5, 0.6) is 0 Å². The first-order valence-electron chi connectivity index (χ1n) is 8.65. The van der Waals surface area contributed by atoms with Crippen molar-refractivity contribution in [3.63, 3.8) is 0 Å². The van der Waals surface area contributed by atoms with Crippen molar-refractivity contribution in [3.8, 4) is 5.69 Å². The van der Waals surface area contributed by atoms with Crippen LogP contribution in [0.25, 0.3) is 5.69 Å². The molecule has 2 heterocycles. The van der Waals surface area contributed by atoms with Gasteiger partial charge in [-0.1, -0.05) is 19.9 Å². The van der Waals surface area contributed by atoms with E-state index in [1.54, 1.807) is 21.7 Å². The summed E-state index contributed by atoms with van der Waals surface area (Å²) >= 11 is 0. The maximum Gasteiger partial charge on any atom is 0.293 e. The average molecular weight is 345 g/mol. The van der Waals surface area contributed by atoms with E-state index in [1.165, 1.54) is 12.1 Å². The first-order chi connectivity index (χ1) is 11.9. The quantitative estimate of drug-likeness (QED) is 0.928. The number of amides is 1. The van der Waals surface area contributed by atoms with Crippen molar-refractivity contribution < 1.29 is 9.18 Å². The predicted molar refractivity (Wildman–Crippen MR) is 93.4 cm³/mol. The zero-order valence-electron chi connectivity index (χ0n) is 15.0. The Kier molecular flexibility index (Phi) is 4.85. The first-order valence-corrected chi connectivity index (χ1v) is 8.65. The molecule has 1 aliphatic heterocycles. The molecule has 0 saturated carbocycles. The van der Waals surface area contributed by atoms with E-state index in [4.69, 9.17) is 0 Å². The Balaban J connectivity index is 1.98. The van der Waals surface area contributed by atoms with Gasteiger partial charge in [-0.2, -0.15) is 0 Å². The Bertz CT molecular complexity index is 773. The fraction of sp³-hybridized carbons (Fsp3) is 0.500. The Hall–Kier alpha value is -2.28. The Morgan fingerprint density at radius 3 is 2.80 bits per heavy atom. The molecule has 25 heavy (non-hydrogen) atoms. The minimum Gasteiger partial charge on any atom is -0.330 e. The molecule has 2 aromatic rings. The number of carbonyl (C=O) groups is 1. The molecule has 1 aromatic carbocycles. The highest BCUT2D eigenvalue weighted by atomic mass is 19.1. The summed E-state index contributed by atoms with van der Waals surface area (Å²) in [5.41, 5.74) is 0.567. The topological polar surface area (TPSA) is 63.1 Å². The van der Waals surface area contributed by atoms with Gasteiger partial charge in [0, 0.05) is 31.1 Å². The molecule has 1 aromatic heterocycles. The van der Waals surface area contributed by atoms with Crippen molar-refractivity contribution in [2.24, 2.45) is 0 Å². The maximum absolute atomic E-state index is 13.6. The Morgan fingerprint density at radius 2 is 2.12 bits per heavy atom. The van der Waals surface area contributed by atoms with Crippen LogP contribution in [0.2, 0.25) is 0 Å². The number of carbonyl (C=O) groups excluding carboxylic acids is 1. The molecule has 1 saturated heterocycles. The Morgan fingerprint density at radius 1 is 1.36 bits per heavy atom. The number of rotatable bonds is 3. The van der Waals surface area contributed by atoms with Crippen LogP contribution in [-0.4, -0.2) is 50.7 Å².